The van der Waals surface area contributed by atoms with Crippen LogP contribution < -0.4 is 5.73 Å². The lowest BCUT2D eigenvalue weighted by Gasteiger charge is -2.15. The minimum absolute atomic E-state index is 0.189. The van der Waals surface area contributed by atoms with E-state index < -0.39 is 17.6 Å². The van der Waals surface area contributed by atoms with Gasteiger partial charge >= 0.3 is 6.18 Å². The predicted octanol–water partition coefficient (Wildman–Crippen LogP) is 3.08. The number of nitrogens with two attached hydrogens (primary N) is 1. The molecule has 0 amide bonds. The van der Waals surface area contributed by atoms with Gasteiger partial charge in [0.2, 0.25) is 0 Å². The zero-order valence-electron chi connectivity index (χ0n) is 9.31. The van der Waals surface area contributed by atoms with Gasteiger partial charge in [0.05, 0.1) is 5.56 Å². The summed E-state index contributed by atoms with van der Waals surface area (Å²) in [5, 5.41) is 0. The first-order chi connectivity index (χ1) is 7.79. The van der Waals surface area contributed by atoms with Crippen molar-refractivity contribution in [3.8, 4) is 0 Å². The summed E-state index contributed by atoms with van der Waals surface area (Å²) in [6, 6.07) is 3.21. The largest absolute Gasteiger partial charge is 0.419 e. The second-order valence-corrected chi connectivity index (χ2v) is 4.75. The molecule has 0 spiro atoms. The smallest absolute Gasteiger partial charge is 0.330 e. The highest BCUT2D eigenvalue weighted by Crippen LogP contribution is 2.53. The van der Waals surface area contributed by atoms with Crippen molar-refractivity contribution in [1.29, 1.82) is 0 Å². The lowest BCUT2D eigenvalue weighted by atomic mass is 9.93. The lowest BCUT2D eigenvalue weighted by Crippen LogP contribution is -2.14. The molecule has 0 aliphatic heterocycles. The fraction of sp³-hybridized carbons (Fsp3) is 0.500. The van der Waals surface area contributed by atoms with Crippen LogP contribution in [0.2, 0.25) is 0 Å². The molecule has 1 aromatic carbocycles. The topological polar surface area (TPSA) is 26.0 Å². The van der Waals surface area contributed by atoms with Crippen LogP contribution in [0.3, 0.4) is 0 Å². The standard InChI is InChI=1S/C12H13F4N/c1-11(5-8(11)6-17)7-2-3-10(13)9(4-7)12(14,15)16/h2-4,8H,5-6,17H2,1H3. The van der Waals surface area contributed by atoms with Crippen molar-refractivity contribution in [2.75, 3.05) is 6.54 Å². The molecule has 1 nitrogen and oxygen atoms in total. The second-order valence-electron chi connectivity index (χ2n) is 4.75. The summed E-state index contributed by atoms with van der Waals surface area (Å²) in [4.78, 5) is 0. The van der Waals surface area contributed by atoms with Crippen molar-refractivity contribution in [1.82, 2.24) is 0 Å². The van der Waals surface area contributed by atoms with Crippen LogP contribution in [-0.2, 0) is 11.6 Å². The van der Waals surface area contributed by atoms with Crippen LogP contribution in [-0.4, -0.2) is 6.54 Å². The Bertz CT molecular complexity index is 441. The van der Waals surface area contributed by atoms with Gasteiger partial charge in [-0.2, -0.15) is 13.2 Å². The van der Waals surface area contributed by atoms with Gasteiger partial charge in [-0.25, -0.2) is 4.39 Å². The summed E-state index contributed by atoms with van der Waals surface area (Å²) in [6.07, 6.45) is -3.89. The molecule has 0 bridgehead atoms. The summed E-state index contributed by atoms with van der Waals surface area (Å²) < 4.78 is 50.8. The first kappa shape index (κ1) is 12.4. The Labute approximate surface area is 96.6 Å². The van der Waals surface area contributed by atoms with E-state index in [4.69, 9.17) is 5.73 Å². The number of benzene rings is 1. The van der Waals surface area contributed by atoms with Crippen molar-refractivity contribution >= 4 is 0 Å². The molecule has 2 atom stereocenters. The van der Waals surface area contributed by atoms with E-state index in [-0.39, 0.29) is 11.3 Å². The number of halogens is 4. The molecular weight excluding hydrogens is 234 g/mol. The number of hydrogen-bond acceptors (Lipinski definition) is 1. The summed E-state index contributed by atoms with van der Waals surface area (Å²) in [5.41, 5.74) is 4.49. The molecule has 1 saturated carbocycles. The molecule has 1 aliphatic carbocycles. The van der Waals surface area contributed by atoms with Crippen molar-refractivity contribution in [2.24, 2.45) is 11.7 Å². The van der Waals surface area contributed by atoms with E-state index >= 15 is 0 Å². The maximum Gasteiger partial charge on any atom is 0.419 e. The summed E-state index contributed by atoms with van der Waals surface area (Å²) in [6.45, 7) is 2.30. The third-order valence-corrected chi connectivity index (χ3v) is 3.63. The van der Waals surface area contributed by atoms with Gasteiger partial charge in [-0.3, -0.25) is 0 Å². The van der Waals surface area contributed by atoms with Crippen LogP contribution in [0.4, 0.5) is 17.6 Å². The minimum atomic E-state index is -4.65. The van der Waals surface area contributed by atoms with Crippen molar-refractivity contribution in [2.45, 2.75) is 24.9 Å². The molecule has 2 rings (SSSR count). The van der Waals surface area contributed by atoms with Crippen LogP contribution in [0.25, 0.3) is 0 Å². The number of hydrogen-bond donors (Lipinski definition) is 1. The Morgan fingerprint density at radius 1 is 1.41 bits per heavy atom. The molecule has 2 N–H and O–H groups in total. The molecule has 2 unspecified atom stereocenters. The first-order valence-corrected chi connectivity index (χ1v) is 5.36. The van der Waals surface area contributed by atoms with Gasteiger partial charge in [0.25, 0.3) is 0 Å². The van der Waals surface area contributed by atoms with Gasteiger partial charge < -0.3 is 5.73 Å². The van der Waals surface area contributed by atoms with Gasteiger partial charge in [-0.05, 0) is 42.0 Å². The van der Waals surface area contributed by atoms with Gasteiger partial charge in [-0.1, -0.05) is 13.0 Å². The summed E-state index contributed by atoms with van der Waals surface area (Å²) in [7, 11) is 0. The van der Waals surface area contributed by atoms with Crippen LogP contribution in [0.5, 0.6) is 0 Å². The van der Waals surface area contributed by atoms with Crippen LogP contribution in [0.15, 0.2) is 18.2 Å². The predicted molar refractivity (Wildman–Crippen MR) is 55.9 cm³/mol. The van der Waals surface area contributed by atoms with Crippen molar-refractivity contribution < 1.29 is 17.6 Å². The molecule has 0 saturated heterocycles. The molecule has 0 radical (unpaired) electrons. The van der Waals surface area contributed by atoms with Gasteiger partial charge in [0, 0.05) is 0 Å². The quantitative estimate of drug-likeness (QED) is 0.798. The monoisotopic (exact) mass is 247 g/mol. The molecule has 0 heterocycles. The van der Waals surface area contributed by atoms with E-state index in [1.165, 1.54) is 6.07 Å². The van der Waals surface area contributed by atoms with Crippen LogP contribution >= 0.6 is 0 Å². The van der Waals surface area contributed by atoms with E-state index in [2.05, 4.69) is 0 Å². The Hall–Kier alpha value is -1.10. The molecule has 17 heavy (non-hydrogen) atoms. The molecular formula is C12H13F4N. The normalized spacial score (nSPS) is 28.2. The Morgan fingerprint density at radius 3 is 2.53 bits per heavy atom. The highest BCUT2D eigenvalue weighted by Gasteiger charge is 2.50. The molecule has 1 aliphatic rings. The van der Waals surface area contributed by atoms with Gasteiger partial charge in [0.1, 0.15) is 5.82 Å². The van der Waals surface area contributed by atoms with E-state index in [9.17, 15) is 17.6 Å². The van der Waals surface area contributed by atoms with E-state index in [1.807, 2.05) is 6.92 Å². The Balaban J connectivity index is 2.40. The lowest BCUT2D eigenvalue weighted by molar-refractivity contribution is -0.140. The van der Waals surface area contributed by atoms with Crippen LogP contribution in [0, 0.1) is 11.7 Å². The second kappa shape index (κ2) is 3.70. The van der Waals surface area contributed by atoms with Gasteiger partial charge in [-0.15, -0.1) is 0 Å². The zero-order valence-corrected chi connectivity index (χ0v) is 9.31. The fourth-order valence-corrected chi connectivity index (χ4v) is 2.25. The third-order valence-electron chi connectivity index (χ3n) is 3.63. The van der Waals surface area contributed by atoms with Crippen molar-refractivity contribution in [3.63, 3.8) is 0 Å². The molecule has 5 heteroatoms. The molecule has 1 fully saturated rings. The van der Waals surface area contributed by atoms with E-state index in [1.54, 1.807) is 0 Å². The zero-order chi connectivity index (χ0) is 12.8. The maximum atomic E-state index is 13.1. The third kappa shape index (κ3) is 2.04. The summed E-state index contributed by atoms with van der Waals surface area (Å²) >= 11 is 0. The van der Waals surface area contributed by atoms with Crippen molar-refractivity contribution in [3.05, 3.63) is 35.1 Å². The highest BCUT2D eigenvalue weighted by atomic mass is 19.4. The summed E-state index contributed by atoms with van der Waals surface area (Å²) in [5.74, 6) is -1.04. The average molecular weight is 247 g/mol. The molecule has 1 aromatic rings. The van der Waals surface area contributed by atoms with Gasteiger partial charge in [0.15, 0.2) is 0 Å². The highest BCUT2D eigenvalue weighted by molar-refractivity contribution is 5.37. The van der Waals surface area contributed by atoms with E-state index in [0.717, 1.165) is 18.6 Å². The Morgan fingerprint density at radius 2 is 2.06 bits per heavy atom. The maximum absolute atomic E-state index is 13.1. The average Bonchev–Trinajstić information content (AvgIpc) is 2.90. The van der Waals surface area contributed by atoms with E-state index in [0.29, 0.717) is 12.1 Å². The minimum Gasteiger partial charge on any atom is -0.330 e. The number of rotatable bonds is 2. The first-order valence-electron chi connectivity index (χ1n) is 5.36. The SMILES string of the molecule is CC1(c2ccc(F)c(C(F)(F)F)c2)CC1CN. The fourth-order valence-electron chi connectivity index (χ4n) is 2.25. The molecule has 0 aromatic heterocycles. The number of alkyl halides is 3. The Kier molecular flexibility index (Phi) is 2.69. The molecule has 94 valence electrons. The van der Waals surface area contributed by atoms with Crippen LogP contribution in [0.1, 0.15) is 24.5 Å².